The lowest BCUT2D eigenvalue weighted by Gasteiger charge is -2.17. The van der Waals surface area contributed by atoms with Crippen LogP contribution in [-0.4, -0.2) is 43.6 Å². The molecule has 106 valence electrons. The molecule has 0 aliphatic heterocycles. The number of aromatic nitrogens is 2. The lowest BCUT2D eigenvalue weighted by atomic mass is 10.1. The molecule has 1 amide bonds. The van der Waals surface area contributed by atoms with Crippen molar-refractivity contribution >= 4 is 17.5 Å². The lowest BCUT2D eigenvalue weighted by Crippen LogP contribution is -2.46. The first-order valence-electron chi connectivity index (χ1n) is 6.03. The van der Waals surface area contributed by atoms with Gasteiger partial charge < -0.3 is 19.9 Å². The Hall–Kier alpha value is -2.41. The largest absolute Gasteiger partial charge is 0.479 e. The first kappa shape index (κ1) is 14.0. The zero-order valence-corrected chi connectivity index (χ0v) is 10.9. The third kappa shape index (κ3) is 3.12. The number of pyridine rings is 1. The highest BCUT2D eigenvalue weighted by Crippen LogP contribution is 2.05. The number of rotatable bonds is 5. The first-order chi connectivity index (χ1) is 9.38. The summed E-state index contributed by atoms with van der Waals surface area (Å²) >= 11 is 0. The number of hydrogen-bond donors (Lipinski definition) is 3. The fourth-order valence-electron chi connectivity index (χ4n) is 1.65. The Bertz CT molecular complexity index is 615. The number of carboxylic acid groups (broad SMARTS) is 1. The zero-order valence-electron chi connectivity index (χ0n) is 10.9. The summed E-state index contributed by atoms with van der Waals surface area (Å²) in [6.07, 6.45) is 3.57. The average molecular weight is 277 g/mol. The quantitative estimate of drug-likeness (QED) is 0.704. The van der Waals surface area contributed by atoms with Gasteiger partial charge in [0.2, 0.25) is 5.91 Å². The Labute approximate surface area is 114 Å². The summed E-state index contributed by atoms with van der Waals surface area (Å²) in [4.78, 5) is 26.6. The molecule has 0 aliphatic carbocycles. The third-order valence-corrected chi connectivity index (χ3v) is 2.85. The van der Waals surface area contributed by atoms with Gasteiger partial charge in [-0.15, -0.1) is 0 Å². The van der Waals surface area contributed by atoms with E-state index in [1.54, 1.807) is 10.6 Å². The van der Waals surface area contributed by atoms with Crippen molar-refractivity contribution in [1.82, 2.24) is 14.7 Å². The van der Waals surface area contributed by atoms with E-state index in [1.165, 1.54) is 0 Å². The van der Waals surface area contributed by atoms with Gasteiger partial charge in [0.05, 0.1) is 18.7 Å². The van der Waals surface area contributed by atoms with Gasteiger partial charge in [0.1, 0.15) is 5.65 Å². The zero-order chi connectivity index (χ0) is 14.8. The van der Waals surface area contributed by atoms with Crippen LogP contribution in [0.5, 0.6) is 0 Å². The number of fused-ring (bicyclic) bond motifs is 1. The normalized spacial score (nSPS) is 13.9. The molecule has 7 nitrogen and oxygen atoms in total. The predicted octanol–water partition coefficient (Wildman–Crippen LogP) is -0.171. The number of carbonyl (C=O) groups excluding carboxylic acids is 1. The highest BCUT2D eigenvalue weighted by atomic mass is 16.4. The third-order valence-electron chi connectivity index (χ3n) is 2.85. The maximum atomic E-state index is 11.7. The number of aliphatic hydroxyl groups is 1. The van der Waals surface area contributed by atoms with E-state index in [-0.39, 0.29) is 13.0 Å². The van der Waals surface area contributed by atoms with E-state index >= 15 is 0 Å². The highest BCUT2D eigenvalue weighted by Gasteiger charge is 2.30. The van der Waals surface area contributed by atoms with E-state index < -0.39 is 17.5 Å². The second-order valence-electron chi connectivity index (χ2n) is 4.73. The molecule has 0 fully saturated rings. The van der Waals surface area contributed by atoms with Crippen LogP contribution in [0.1, 0.15) is 12.6 Å². The van der Waals surface area contributed by atoms with Gasteiger partial charge in [-0.05, 0) is 19.1 Å². The minimum absolute atomic E-state index is 0.0252. The van der Waals surface area contributed by atoms with Gasteiger partial charge in [-0.2, -0.15) is 0 Å². The van der Waals surface area contributed by atoms with Crippen molar-refractivity contribution in [2.45, 2.75) is 18.9 Å². The SMILES string of the molecule is CC(O)(CNC(=O)Cc1cn2ccccc2n1)C(=O)O. The van der Waals surface area contributed by atoms with E-state index in [4.69, 9.17) is 5.11 Å². The minimum atomic E-state index is -1.98. The molecule has 1 unspecified atom stereocenters. The molecule has 0 bridgehead atoms. The molecule has 0 spiro atoms. The second-order valence-corrected chi connectivity index (χ2v) is 4.73. The molecule has 3 N–H and O–H groups in total. The molecular formula is C13H15N3O4. The van der Waals surface area contributed by atoms with Crippen molar-refractivity contribution in [2.75, 3.05) is 6.54 Å². The number of amides is 1. The fourth-order valence-corrected chi connectivity index (χ4v) is 1.65. The first-order valence-corrected chi connectivity index (χ1v) is 6.03. The molecule has 0 aliphatic rings. The molecule has 0 saturated carbocycles. The number of nitrogens with one attached hydrogen (secondary N) is 1. The van der Waals surface area contributed by atoms with Gasteiger partial charge >= 0.3 is 5.97 Å². The smallest absolute Gasteiger partial charge is 0.337 e. The van der Waals surface area contributed by atoms with Crippen molar-refractivity contribution < 1.29 is 19.8 Å². The predicted molar refractivity (Wildman–Crippen MR) is 70.2 cm³/mol. The van der Waals surface area contributed by atoms with E-state index in [0.717, 1.165) is 12.6 Å². The van der Waals surface area contributed by atoms with Crippen molar-refractivity contribution in [3.63, 3.8) is 0 Å². The van der Waals surface area contributed by atoms with E-state index in [2.05, 4.69) is 10.3 Å². The van der Waals surface area contributed by atoms with Gasteiger partial charge in [0.15, 0.2) is 5.60 Å². The summed E-state index contributed by atoms with van der Waals surface area (Å²) in [5.74, 6) is -1.78. The molecule has 2 aromatic heterocycles. The summed E-state index contributed by atoms with van der Waals surface area (Å²) in [7, 11) is 0. The van der Waals surface area contributed by atoms with E-state index in [0.29, 0.717) is 5.69 Å². The molecule has 2 rings (SSSR count). The molecule has 2 aromatic rings. The average Bonchev–Trinajstić information content (AvgIpc) is 2.78. The van der Waals surface area contributed by atoms with Crippen molar-refractivity contribution in [3.05, 3.63) is 36.3 Å². The van der Waals surface area contributed by atoms with Gasteiger partial charge in [-0.3, -0.25) is 4.79 Å². The molecule has 1 atom stereocenters. The van der Waals surface area contributed by atoms with Crippen LogP contribution in [0.3, 0.4) is 0 Å². The topological polar surface area (TPSA) is 104 Å². The van der Waals surface area contributed by atoms with Crippen LogP contribution in [-0.2, 0) is 16.0 Å². The number of nitrogens with zero attached hydrogens (tertiary/aromatic N) is 2. The van der Waals surface area contributed by atoms with Crippen LogP contribution >= 0.6 is 0 Å². The second kappa shape index (κ2) is 5.30. The van der Waals surface area contributed by atoms with Crippen LogP contribution in [0.25, 0.3) is 5.65 Å². The highest BCUT2D eigenvalue weighted by molar-refractivity contribution is 5.81. The van der Waals surface area contributed by atoms with Crippen molar-refractivity contribution in [1.29, 1.82) is 0 Å². The van der Waals surface area contributed by atoms with E-state index in [9.17, 15) is 14.7 Å². The monoisotopic (exact) mass is 277 g/mol. The minimum Gasteiger partial charge on any atom is -0.479 e. The summed E-state index contributed by atoms with van der Waals surface area (Å²) in [6, 6.07) is 5.51. The molecule has 0 radical (unpaired) electrons. The number of carbonyl (C=O) groups is 2. The Morgan fingerprint density at radius 3 is 2.85 bits per heavy atom. The Balaban J connectivity index is 1.96. The van der Waals surface area contributed by atoms with Crippen LogP contribution in [0.15, 0.2) is 30.6 Å². The van der Waals surface area contributed by atoms with Crippen LogP contribution < -0.4 is 5.32 Å². The molecular weight excluding hydrogens is 262 g/mol. The van der Waals surface area contributed by atoms with Crippen LogP contribution in [0.2, 0.25) is 0 Å². The standard InChI is InChI=1S/C13H15N3O4/c1-13(20,12(18)19)8-14-11(17)6-9-7-16-5-3-2-4-10(16)15-9/h2-5,7,20H,6,8H2,1H3,(H,14,17)(H,18,19). The van der Waals surface area contributed by atoms with Gasteiger partial charge in [-0.25, -0.2) is 9.78 Å². The maximum Gasteiger partial charge on any atom is 0.337 e. The summed E-state index contributed by atoms with van der Waals surface area (Å²) in [6.45, 7) is 0.773. The molecule has 7 heteroatoms. The maximum absolute atomic E-state index is 11.7. The lowest BCUT2D eigenvalue weighted by molar-refractivity contribution is -0.156. The van der Waals surface area contributed by atoms with Crippen molar-refractivity contribution in [3.8, 4) is 0 Å². The molecule has 2 heterocycles. The van der Waals surface area contributed by atoms with Gasteiger partial charge in [-0.1, -0.05) is 6.07 Å². The van der Waals surface area contributed by atoms with Gasteiger partial charge in [0.25, 0.3) is 0 Å². The van der Waals surface area contributed by atoms with E-state index in [1.807, 2.05) is 24.4 Å². The Morgan fingerprint density at radius 2 is 2.20 bits per heavy atom. The number of aliphatic carboxylic acids is 1. The number of carboxylic acids is 1. The Morgan fingerprint density at radius 1 is 1.45 bits per heavy atom. The molecule has 0 aromatic carbocycles. The molecule has 0 saturated heterocycles. The summed E-state index contributed by atoms with van der Waals surface area (Å²) < 4.78 is 1.79. The summed E-state index contributed by atoms with van der Waals surface area (Å²) in [5.41, 5.74) is -0.675. The van der Waals surface area contributed by atoms with Gasteiger partial charge in [0, 0.05) is 12.4 Å². The number of imidazole rings is 1. The number of hydrogen-bond acceptors (Lipinski definition) is 4. The molecule has 20 heavy (non-hydrogen) atoms. The summed E-state index contributed by atoms with van der Waals surface area (Å²) in [5, 5.41) is 20.6. The Kier molecular flexibility index (Phi) is 3.71. The van der Waals surface area contributed by atoms with Crippen molar-refractivity contribution in [2.24, 2.45) is 0 Å². The van der Waals surface area contributed by atoms with Crippen LogP contribution in [0, 0.1) is 0 Å². The van der Waals surface area contributed by atoms with Crippen LogP contribution in [0.4, 0.5) is 0 Å². The fraction of sp³-hybridized carbons (Fsp3) is 0.308.